The van der Waals surface area contributed by atoms with Crippen LogP contribution in [0.2, 0.25) is 0 Å². The molecule has 2 nitrogen and oxygen atoms in total. The number of nitrogens with zero attached hydrogens (tertiary/aromatic N) is 1. The summed E-state index contributed by atoms with van der Waals surface area (Å²) in [6.45, 7) is 4.94. The molecule has 0 radical (unpaired) electrons. The van der Waals surface area contributed by atoms with Crippen LogP contribution in [0.5, 0.6) is 0 Å². The highest BCUT2D eigenvalue weighted by Gasteiger charge is 2.28. The Morgan fingerprint density at radius 1 is 1.40 bits per heavy atom. The number of aryl methyl sites for hydroxylation is 1. The van der Waals surface area contributed by atoms with Crippen LogP contribution < -0.4 is 0 Å². The fourth-order valence-electron chi connectivity index (χ4n) is 2.73. The molecule has 2 aromatic rings. The molecule has 1 aliphatic heterocycles. The lowest BCUT2D eigenvalue weighted by atomic mass is 10.00. The van der Waals surface area contributed by atoms with Crippen LogP contribution in [0.1, 0.15) is 39.3 Å². The summed E-state index contributed by atoms with van der Waals surface area (Å²) < 4.78 is 1.04. The maximum atomic E-state index is 12.7. The van der Waals surface area contributed by atoms with Crippen molar-refractivity contribution in [3.8, 4) is 0 Å². The van der Waals surface area contributed by atoms with Crippen molar-refractivity contribution in [2.45, 2.75) is 26.3 Å². The number of fused-ring (bicyclic) bond motifs is 1. The van der Waals surface area contributed by atoms with Gasteiger partial charge in [-0.05, 0) is 61.0 Å². The van der Waals surface area contributed by atoms with Gasteiger partial charge in [-0.2, -0.15) is 0 Å². The first-order valence-corrected chi connectivity index (χ1v) is 8.38. The predicted molar refractivity (Wildman–Crippen MR) is 86.4 cm³/mol. The van der Waals surface area contributed by atoms with Crippen LogP contribution in [0.3, 0.4) is 0 Å². The zero-order valence-corrected chi connectivity index (χ0v) is 13.9. The van der Waals surface area contributed by atoms with E-state index >= 15 is 0 Å². The zero-order valence-electron chi connectivity index (χ0n) is 11.5. The van der Waals surface area contributed by atoms with E-state index in [0.29, 0.717) is 0 Å². The second kappa shape index (κ2) is 5.34. The molecule has 3 rings (SSSR count). The maximum Gasteiger partial charge on any atom is 0.254 e. The fraction of sp³-hybridized carbons (Fsp3) is 0.312. The molecule has 1 atom stereocenters. The summed E-state index contributed by atoms with van der Waals surface area (Å²) in [4.78, 5) is 16.1. The Hall–Kier alpha value is -1.13. The Labute approximate surface area is 131 Å². The molecule has 0 saturated heterocycles. The predicted octanol–water partition coefficient (Wildman–Crippen LogP) is 4.58. The number of hydrogen-bond donors (Lipinski definition) is 0. The molecule has 0 saturated carbocycles. The largest absolute Gasteiger partial charge is 0.331 e. The fourth-order valence-corrected chi connectivity index (χ4v) is 3.94. The minimum atomic E-state index is 0.130. The summed E-state index contributed by atoms with van der Waals surface area (Å²) in [5, 5.41) is 2.12. The smallest absolute Gasteiger partial charge is 0.254 e. The van der Waals surface area contributed by atoms with Crippen LogP contribution >= 0.6 is 27.3 Å². The highest BCUT2D eigenvalue weighted by molar-refractivity contribution is 9.10. The molecule has 0 aliphatic carbocycles. The van der Waals surface area contributed by atoms with Gasteiger partial charge in [0.05, 0.1) is 6.04 Å². The number of benzene rings is 1. The lowest BCUT2D eigenvalue weighted by molar-refractivity contribution is 0.0679. The third-order valence-electron chi connectivity index (χ3n) is 3.94. The monoisotopic (exact) mass is 349 g/mol. The molecule has 2 heterocycles. The first-order chi connectivity index (χ1) is 9.58. The summed E-state index contributed by atoms with van der Waals surface area (Å²) in [5.74, 6) is 0.130. The van der Waals surface area contributed by atoms with Crippen molar-refractivity contribution in [3.05, 3.63) is 55.7 Å². The van der Waals surface area contributed by atoms with Crippen molar-refractivity contribution < 1.29 is 4.79 Å². The van der Waals surface area contributed by atoms with E-state index in [9.17, 15) is 4.79 Å². The van der Waals surface area contributed by atoms with Crippen LogP contribution in [0.25, 0.3) is 0 Å². The topological polar surface area (TPSA) is 20.3 Å². The summed E-state index contributed by atoms with van der Waals surface area (Å²) in [6, 6.07) is 8.13. The highest BCUT2D eigenvalue weighted by Crippen LogP contribution is 2.33. The van der Waals surface area contributed by atoms with Crippen molar-refractivity contribution in [1.82, 2.24) is 4.90 Å². The third kappa shape index (κ3) is 2.31. The Bertz CT molecular complexity index is 664. The third-order valence-corrected chi connectivity index (χ3v) is 5.83. The normalized spacial score (nSPS) is 17.9. The molecule has 1 amide bonds. The molecule has 1 aromatic carbocycles. The molecule has 0 spiro atoms. The van der Waals surface area contributed by atoms with Gasteiger partial charge in [0.15, 0.2) is 0 Å². The number of rotatable bonds is 1. The van der Waals surface area contributed by atoms with Gasteiger partial charge in [-0.15, -0.1) is 11.3 Å². The quantitative estimate of drug-likeness (QED) is 0.737. The number of halogens is 1. The molecule has 0 N–H and O–H groups in total. The maximum absolute atomic E-state index is 12.7. The second-order valence-corrected chi connectivity index (χ2v) is 7.04. The van der Waals surface area contributed by atoms with E-state index in [1.54, 1.807) is 11.3 Å². The average molecular weight is 350 g/mol. The van der Waals surface area contributed by atoms with Crippen LogP contribution in [0.15, 0.2) is 34.1 Å². The Morgan fingerprint density at radius 3 is 2.95 bits per heavy atom. The van der Waals surface area contributed by atoms with E-state index in [-0.39, 0.29) is 11.9 Å². The highest BCUT2D eigenvalue weighted by atomic mass is 79.9. The first-order valence-electron chi connectivity index (χ1n) is 6.71. The molecule has 0 bridgehead atoms. The van der Waals surface area contributed by atoms with Gasteiger partial charge >= 0.3 is 0 Å². The van der Waals surface area contributed by atoms with Crippen LogP contribution in [0.4, 0.5) is 0 Å². The minimum absolute atomic E-state index is 0.130. The van der Waals surface area contributed by atoms with Crippen LogP contribution in [-0.2, 0) is 6.42 Å². The number of carbonyl (C=O) groups is 1. The van der Waals surface area contributed by atoms with E-state index in [4.69, 9.17) is 0 Å². The van der Waals surface area contributed by atoms with Crippen LogP contribution in [0, 0.1) is 6.92 Å². The van der Waals surface area contributed by atoms with Gasteiger partial charge in [0.2, 0.25) is 0 Å². The summed E-state index contributed by atoms with van der Waals surface area (Å²) in [5.41, 5.74) is 3.18. The number of hydrogen-bond acceptors (Lipinski definition) is 2. The van der Waals surface area contributed by atoms with Gasteiger partial charge in [-0.1, -0.05) is 15.9 Å². The number of carbonyl (C=O) groups excluding carboxylic acids is 1. The van der Waals surface area contributed by atoms with E-state index in [2.05, 4.69) is 34.3 Å². The van der Waals surface area contributed by atoms with Gasteiger partial charge in [0.25, 0.3) is 5.91 Å². The second-order valence-electron chi connectivity index (χ2n) is 5.19. The summed E-state index contributed by atoms with van der Waals surface area (Å²) >= 11 is 5.28. The van der Waals surface area contributed by atoms with E-state index in [0.717, 1.165) is 28.6 Å². The van der Waals surface area contributed by atoms with Crippen molar-refractivity contribution in [2.75, 3.05) is 6.54 Å². The molecule has 4 heteroatoms. The van der Waals surface area contributed by atoms with E-state index in [1.807, 2.05) is 30.0 Å². The van der Waals surface area contributed by atoms with Gasteiger partial charge in [-0.25, -0.2) is 0 Å². The van der Waals surface area contributed by atoms with Crippen LogP contribution in [-0.4, -0.2) is 17.4 Å². The van der Waals surface area contributed by atoms with Crippen molar-refractivity contribution in [1.29, 1.82) is 0 Å². The van der Waals surface area contributed by atoms with Crippen molar-refractivity contribution in [3.63, 3.8) is 0 Å². The van der Waals surface area contributed by atoms with Gasteiger partial charge < -0.3 is 4.90 Å². The Morgan fingerprint density at radius 2 is 2.20 bits per heavy atom. The molecule has 1 aromatic heterocycles. The summed E-state index contributed by atoms with van der Waals surface area (Å²) in [7, 11) is 0. The molecule has 104 valence electrons. The molecule has 1 unspecified atom stereocenters. The van der Waals surface area contributed by atoms with Gasteiger partial charge in [-0.3, -0.25) is 4.79 Å². The molecular weight excluding hydrogens is 334 g/mol. The molecule has 20 heavy (non-hydrogen) atoms. The first kappa shape index (κ1) is 13.8. The lowest BCUT2D eigenvalue weighted by Gasteiger charge is -2.33. The van der Waals surface area contributed by atoms with E-state index < -0.39 is 0 Å². The molecule has 1 aliphatic rings. The number of amides is 1. The summed E-state index contributed by atoms with van der Waals surface area (Å²) in [6.07, 6.45) is 0.971. The Kier molecular flexibility index (Phi) is 3.69. The Balaban J connectivity index is 1.90. The minimum Gasteiger partial charge on any atom is -0.331 e. The van der Waals surface area contributed by atoms with Crippen molar-refractivity contribution >= 4 is 33.2 Å². The number of thiophene rings is 1. The van der Waals surface area contributed by atoms with Gasteiger partial charge in [0.1, 0.15) is 0 Å². The van der Waals surface area contributed by atoms with E-state index in [1.165, 1.54) is 10.4 Å². The van der Waals surface area contributed by atoms with Gasteiger partial charge in [0, 0.05) is 21.5 Å². The molecule has 0 fully saturated rings. The van der Waals surface area contributed by atoms with Crippen molar-refractivity contribution in [2.24, 2.45) is 0 Å². The lowest BCUT2D eigenvalue weighted by Crippen LogP contribution is -2.38. The standard InChI is InChI=1S/C16H16BrNOS/c1-10-9-12(3-4-14(10)17)16(19)18-7-5-15-13(11(18)2)6-8-20-15/h3-4,6,8-9,11H,5,7H2,1-2H3. The molecular formula is C16H16BrNOS. The SMILES string of the molecule is Cc1cc(C(=O)N2CCc3sccc3C2C)ccc1Br. The average Bonchev–Trinajstić information content (AvgIpc) is 2.91. The zero-order chi connectivity index (χ0) is 14.3.